The summed E-state index contributed by atoms with van der Waals surface area (Å²) in [5, 5.41) is 0. The van der Waals surface area contributed by atoms with E-state index in [0.29, 0.717) is 0 Å². The van der Waals surface area contributed by atoms with Crippen LogP contribution in [0.3, 0.4) is 0 Å². The molecule has 0 N–H and O–H groups in total. The molecule has 6 heteroatoms. The molecule has 0 rings (SSSR count). The summed E-state index contributed by atoms with van der Waals surface area (Å²) in [7, 11) is 0. The van der Waals surface area contributed by atoms with Gasteiger partial charge in [-0.25, -0.2) is 0 Å². The van der Waals surface area contributed by atoms with Crippen molar-refractivity contribution in [3.63, 3.8) is 0 Å². The van der Waals surface area contributed by atoms with Crippen LogP contribution in [0.5, 0.6) is 0 Å². The Hall–Kier alpha value is 2.10. The summed E-state index contributed by atoms with van der Waals surface area (Å²) in [4.78, 5) is 0. The van der Waals surface area contributed by atoms with Crippen molar-refractivity contribution in [2.24, 2.45) is 0 Å². The zero-order chi connectivity index (χ0) is 0. The first-order valence-electron chi connectivity index (χ1n) is 0. The Balaban J connectivity index is 0. The molecule has 1 radical (unpaired) electrons. The Bertz CT molecular complexity index is 10.8. The average Bonchev–Trinajstić information content (AvgIpc) is 0. The van der Waals surface area contributed by atoms with Gasteiger partial charge in [-0.3, -0.25) is 0 Å². The Morgan fingerprint density at radius 3 is 0.667 bits per heavy atom. The van der Waals surface area contributed by atoms with Gasteiger partial charge in [-0.05, 0) is 0 Å². The van der Waals surface area contributed by atoms with Crippen molar-refractivity contribution in [2.45, 2.75) is 0 Å². The zero-order valence-corrected chi connectivity index (χ0v) is 9.06. The second kappa shape index (κ2) is 59.9. The van der Waals surface area contributed by atoms with Crippen molar-refractivity contribution in [1.82, 2.24) is 0 Å². The first-order valence-corrected chi connectivity index (χ1v) is 0. The van der Waals surface area contributed by atoms with Crippen LogP contribution in [0.25, 0.3) is 0 Å². The number of hydrogen-bond donors (Lipinski definition) is 0. The summed E-state index contributed by atoms with van der Waals surface area (Å²) in [5.74, 6) is 0. The van der Waals surface area contributed by atoms with Crippen molar-refractivity contribution in [3.8, 4) is 0 Å². The molecule has 0 aromatic heterocycles. The van der Waals surface area contributed by atoms with Crippen LogP contribution in [0, 0.1) is 40.4 Å². The van der Waals surface area contributed by atoms with E-state index in [1.54, 1.807) is 0 Å². The Morgan fingerprint density at radius 1 is 0.667 bits per heavy atom. The quantitative estimate of drug-likeness (QED) is 0.390. The molecule has 0 aromatic carbocycles. The van der Waals surface area contributed by atoms with E-state index in [2.05, 4.69) is 0 Å². The molecular formula is F3SSmZn. The first-order chi connectivity index (χ1) is 0. The third-order valence-corrected chi connectivity index (χ3v) is 0. The van der Waals surface area contributed by atoms with Crippen LogP contribution in [0.1, 0.15) is 0 Å². The monoisotopic (exact) mass is 305 g/mol. The van der Waals surface area contributed by atoms with Gasteiger partial charge in [0.05, 0.1) is 0 Å². The van der Waals surface area contributed by atoms with Crippen LogP contribution in [-0.4, -0.2) is 0 Å². The fourth-order valence-corrected chi connectivity index (χ4v) is 0. The van der Waals surface area contributed by atoms with Crippen molar-refractivity contribution < 1.29 is 74.0 Å². The summed E-state index contributed by atoms with van der Waals surface area (Å²) in [6.45, 7) is 0. The predicted molar refractivity (Wildman–Crippen MR) is 7.37 cm³/mol. The van der Waals surface area contributed by atoms with Crippen LogP contribution >= 0.6 is 0 Å². The van der Waals surface area contributed by atoms with Crippen LogP contribution in [0.2, 0.25) is 0 Å². The van der Waals surface area contributed by atoms with E-state index < -0.39 is 0 Å². The maximum atomic E-state index is 0. The van der Waals surface area contributed by atoms with Crippen molar-refractivity contribution in [2.75, 3.05) is 0 Å². The molecule has 0 atom stereocenters. The molecule has 6 heavy (non-hydrogen) atoms. The molecule has 0 fully saturated rings. The Kier molecular flexibility index (Phi) is 923. The fourth-order valence-electron chi connectivity index (χ4n) is 0. The average molecular weight is 305 g/mol. The molecule has 0 amide bonds. The molecule has 0 unspecified atom stereocenters. The molecule has 0 aliphatic carbocycles. The van der Waals surface area contributed by atoms with E-state index in [0.717, 1.165) is 0 Å². The summed E-state index contributed by atoms with van der Waals surface area (Å²) in [6.07, 6.45) is 0. The minimum absolute atomic E-state index is 0. The zero-order valence-electron chi connectivity index (χ0n) is 2.66. The van der Waals surface area contributed by atoms with Gasteiger partial charge in [0.2, 0.25) is 0 Å². The molecular weight excluding hydrogens is 305 g/mol. The van der Waals surface area contributed by atoms with Crippen molar-refractivity contribution in [1.29, 1.82) is 0 Å². The van der Waals surface area contributed by atoms with Crippen molar-refractivity contribution in [3.05, 3.63) is 0 Å². The molecule has 0 spiro atoms. The molecule has 0 heterocycles. The molecule has 0 saturated carbocycles. The van der Waals surface area contributed by atoms with Crippen LogP contribution < -0.4 is 14.1 Å². The fraction of sp³-hybridized carbons (Fsp3) is 0. The molecule has 35 valence electrons. The van der Waals surface area contributed by atoms with E-state index in [1.807, 2.05) is 0 Å². The van der Waals surface area contributed by atoms with Crippen LogP contribution in [0.4, 0.5) is 0 Å². The van der Waals surface area contributed by atoms with Crippen LogP contribution in [-0.2, 0) is 33.0 Å². The molecule has 0 saturated heterocycles. The van der Waals surface area contributed by atoms with Gasteiger partial charge in [0.1, 0.15) is 0 Å². The Labute approximate surface area is 86.2 Å². The summed E-state index contributed by atoms with van der Waals surface area (Å²) < 4.78 is 0. The number of halogens is 3. The topological polar surface area (TPSA) is 0 Å². The van der Waals surface area contributed by atoms with E-state index in [9.17, 15) is 0 Å². The summed E-state index contributed by atoms with van der Waals surface area (Å²) >= 11 is 0. The number of hydrogen-bond acceptors (Lipinski definition) is 0. The molecule has 0 aliphatic heterocycles. The van der Waals surface area contributed by atoms with Gasteiger partial charge in [0.25, 0.3) is 0 Å². The van der Waals surface area contributed by atoms with Gasteiger partial charge in [0.15, 0.2) is 0 Å². The maximum Gasteiger partial charge on any atom is 3.00 e. The molecule has 0 aromatic rings. The van der Waals surface area contributed by atoms with E-state index >= 15 is 0 Å². The molecule has 0 aliphatic rings. The number of rotatable bonds is 0. The molecule has 0 bridgehead atoms. The van der Waals surface area contributed by atoms with E-state index in [4.69, 9.17) is 0 Å². The SMILES string of the molecule is [F-].[F-].[F-].[S-2].[Sm+3].[Zn+2]. The van der Waals surface area contributed by atoms with E-state index in [-0.39, 0.29) is 87.5 Å². The maximum absolute atomic E-state index is 0. The standard InChI is InChI=1S/3FH.S.Sm.Zn/h3*1H;;;/q;;;-2;+3;+2/p-3. The summed E-state index contributed by atoms with van der Waals surface area (Å²) in [5.41, 5.74) is 0. The third kappa shape index (κ3) is 36.0. The van der Waals surface area contributed by atoms with Gasteiger partial charge >= 0.3 is 59.9 Å². The minimum atomic E-state index is 0. The Morgan fingerprint density at radius 2 is 0.667 bits per heavy atom. The second-order valence-corrected chi connectivity index (χ2v) is 0. The largest absolute Gasteiger partial charge is 3.00 e. The second-order valence-electron chi connectivity index (χ2n) is 0. The smallest absolute Gasteiger partial charge is 2.00 e. The van der Waals surface area contributed by atoms with E-state index in [1.165, 1.54) is 0 Å². The van der Waals surface area contributed by atoms with Gasteiger partial charge in [0, 0.05) is 0 Å². The van der Waals surface area contributed by atoms with Crippen LogP contribution in [0.15, 0.2) is 0 Å². The van der Waals surface area contributed by atoms with Gasteiger partial charge < -0.3 is 27.6 Å². The minimum Gasteiger partial charge on any atom is -2.00 e. The van der Waals surface area contributed by atoms with Gasteiger partial charge in [-0.2, -0.15) is 0 Å². The van der Waals surface area contributed by atoms with Crippen molar-refractivity contribution >= 4 is 13.5 Å². The first kappa shape index (κ1) is 92.5. The van der Waals surface area contributed by atoms with Gasteiger partial charge in [-0.1, -0.05) is 0 Å². The normalized spacial score (nSPS) is 0. The predicted octanol–water partition coefficient (Wildman–Crippen LogP) is -8.99. The molecule has 0 nitrogen and oxygen atoms in total. The summed E-state index contributed by atoms with van der Waals surface area (Å²) in [6, 6.07) is 0. The van der Waals surface area contributed by atoms with Gasteiger partial charge in [-0.15, -0.1) is 0 Å². The third-order valence-electron chi connectivity index (χ3n) is 0.